The smallest absolute Gasteiger partial charge is 0.135 e. The molecule has 0 radical (unpaired) electrons. The van der Waals surface area contributed by atoms with Gasteiger partial charge in [-0.05, 0) is 43.5 Å². The van der Waals surface area contributed by atoms with E-state index in [4.69, 9.17) is 0 Å². The van der Waals surface area contributed by atoms with Crippen LogP contribution in [-0.4, -0.2) is 17.6 Å². The van der Waals surface area contributed by atoms with E-state index in [1.807, 2.05) is 18.2 Å². The van der Waals surface area contributed by atoms with Crippen molar-refractivity contribution in [2.75, 3.05) is 6.54 Å². The predicted octanol–water partition coefficient (Wildman–Crippen LogP) is 2.99. The molecule has 0 saturated carbocycles. The molecule has 1 unspecified atom stereocenters. The maximum atomic E-state index is 14.2. The van der Waals surface area contributed by atoms with Crippen molar-refractivity contribution < 1.29 is 4.39 Å². The van der Waals surface area contributed by atoms with Gasteiger partial charge in [-0.1, -0.05) is 12.5 Å². The number of rotatable bonds is 2. The lowest BCUT2D eigenvalue weighted by Gasteiger charge is -2.23. The third kappa shape index (κ3) is 2.07. The Labute approximate surface area is 100 Å². The highest BCUT2D eigenvalue weighted by Gasteiger charge is 2.16. The Morgan fingerprint density at radius 3 is 3.00 bits per heavy atom. The van der Waals surface area contributed by atoms with Crippen molar-refractivity contribution in [2.24, 2.45) is 0 Å². The second kappa shape index (κ2) is 4.49. The van der Waals surface area contributed by atoms with Crippen LogP contribution >= 0.6 is 0 Å². The topological polar surface area (TPSA) is 27.8 Å². The number of aromatic amines is 1. The molecule has 2 heterocycles. The van der Waals surface area contributed by atoms with Gasteiger partial charge in [0, 0.05) is 23.1 Å². The number of fused-ring (bicyclic) bond motifs is 1. The second-order valence-electron chi connectivity index (χ2n) is 4.83. The summed E-state index contributed by atoms with van der Waals surface area (Å²) in [5, 5.41) is 4.17. The maximum Gasteiger partial charge on any atom is 0.135 e. The molecule has 1 saturated heterocycles. The van der Waals surface area contributed by atoms with Crippen LogP contribution in [0.4, 0.5) is 4.39 Å². The van der Waals surface area contributed by atoms with Crippen molar-refractivity contribution in [2.45, 2.75) is 31.7 Å². The van der Waals surface area contributed by atoms with E-state index >= 15 is 0 Å². The zero-order valence-corrected chi connectivity index (χ0v) is 9.80. The van der Waals surface area contributed by atoms with Gasteiger partial charge in [0.15, 0.2) is 0 Å². The van der Waals surface area contributed by atoms with Crippen molar-refractivity contribution in [3.8, 4) is 0 Å². The summed E-state index contributed by atoms with van der Waals surface area (Å²) in [6.07, 6.45) is 6.25. The molecule has 2 nitrogen and oxygen atoms in total. The van der Waals surface area contributed by atoms with Crippen molar-refractivity contribution in [1.29, 1.82) is 0 Å². The Morgan fingerprint density at radius 1 is 1.24 bits per heavy atom. The first-order valence-corrected chi connectivity index (χ1v) is 6.32. The largest absolute Gasteiger partial charge is 0.361 e. The highest BCUT2D eigenvalue weighted by Crippen LogP contribution is 2.22. The van der Waals surface area contributed by atoms with Gasteiger partial charge >= 0.3 is 0 Å². The fourth-order valence-electron chi connectivity index (χ4n) is 2.66. The van der Waals surface area contributed by atoms with Gasteiger partial charge < -0.3 is 10.3 Å². The molecule has 1 aliphatic heterocycles. The van der Waals surface area contributed by atoms with E-state index in [0.717, 1.165) is 30.5 Å². The van der Waals surface area contributed by atoms with Gasteiger partial charge in [-0.3, -0.25) is 0 Å². The number of halogens is 1. The van der Waals surface area contributed by atoms with Crippen LogP contribution in [0.15, 0.2) is 24.4 Å². The van der Waals surface area contributed by atoms with Gasteiger partial charge in [0.25, 0.3) is 0 Å². The van der Waals surface area contributed by atoms with Gasteiger partial charge in [0.2, 0.25) is 0 Å². The third-order valence-electron chi connectivity index (χ3n) is 3.63. The zero-order chi connectivity index (χ0) is 11.7. The van der Waals surface area contributed by atoms with Crippen molar-refractivity contribution in [1.82, 2.24) is 10.3 Å². The molecule has 0 amide bonds. The summed E-state index contributed by atoms with van der Waals surface area (Å²) in [5.41, 5.74) is 1.71. The molecule has 90 valence electrons. The molecule has 2 N–H and O–H groups in total. The molecule has 0 bridgehead atoms. The predicted molar refractivity (Wildman–Crippen MR) is 67.6 cm³/mol. The van der Waals surface area contributed by atoms with Crippen LogP contribution in [0.2, 0.25) is 0 Å². The number of aromatic nitrogens is 1. The molecule has 1 fully saturated rings. The average molecular weight is 232 g/mol. The van der Waals surface area contributed by atoms with Crippen LogP contribution in [0.5, 0.6) is 0 Å². The number of hydrogen-bond acceptors (Lipinski definition) is 1. The lowest BCUT2D eigenvalue weighted by molar-refractivity contribution is 0.395. The minimum atomic E-state index is -0.0591. The monoisotopic (exact) mass is 232 g/mol. The van der Waals surface area contributed by atoms with E-state index in [9.17, 15) is 4.39 Å². The molecule has 1 aromatic carbocycles. The standard InChI is InChI=1S/C14H17FN2/c15-14-10(9-11-3-1-2-7-16-11)4-5-13-12(14)6-8-17-13/h4-6,8,11,16-17H,1-3,7,9H2. The molecule has 0 spiro atoms. The van der Waals surface area contributed by atoms with Crippen molar-refractivity contribution in [3.05, 3.63) is 35.8 Å². The summed E-state index contributed by atoms with van der Waals surface area (Å²) in [6, 6.07) is 6.12. The minimum Gasteiger partial charge on any atom is -0.361 e. The fraction of sp³-hybridized carbons (Fsp3) is 0.429. The SMILES string of the molecule is Fc1c(CC2CCCCN2)ccc2[nH]ccc12. The van der Waals surface area contributed by atoms with Crippen LogP contribution < -0.4 is 5.32 Å². The van der Waals surface area contributed by atoms with E-state index in [2.05, 4.69) is 10.3 Å². The summed E-state index contributed by atoms with van der Waals surface area (Å²) < 4.78 is 14.2. The molecule has 1 aromatic heterocycles. The zero-order valence-electron chi connectivity index (χ0n) is 9.80. The summed E-state index contributed by atoms with van der Waals surface area (Å²) in [4.78, 5) is 3.04. The van der Waals surface area contributed by atoms with E-state index in [1.54, 1.807) is 6.20 Å². The van der Waals surface area contributed by atoms with Crippen molar-refractivity contribution in [3.63, 3.8) is 0 Å². The van der Waals surface area contributed by atoms with Gasteiger partial charge in [0.05, 0.1) is 0 Å². The number of nitrogens with one attached hydrogen (secondary N) is 2. The van der Waals surface area contributed by atoms with E-state index in [-0.39, 0.29) is 5.82 Å². The first kappa shape index (κ1) is 10.8. The van der Waals surface area contributed by atoms with Gasteiger partial charge in [0.1, 0.15) is 5.82 Å². The van der Waals surface area contributed by atoms with E-state index in [0.29, 0.717) is 11.4 Å². The normalized spacial score (nSPS) is 20.9. The van der Waals surface area contributed by atoms with Crippen LogP contribution in [-0.2, 0) is 6.42 Å². The van der Waals surface area contributed by atoms with Crippen LogP contribution in [0.25, 0.3) is 10.9 Å². The molecule has 1 aliphatic rings. The first-order chi connectivity index (χ1) is 8.34. The highest BCUT2D eigenvalue weighted by atomic mass is 19.1. The van der Waals surface area contributed by atoms with Crippen molar-refractivity contribution >= 4 is 10.9 Å². The van der Waals surface area contributed by atoms with Crippen LogP contribution in [0, 0.1) is 5.82 Å². The summed E-state index contributed by atoms with van der Waals surface area (Å²) >= 11 is 0. The molecular formula is C14H17FN2. The summed E-state index contributed by atoms with van der Waals surface area (Å²) in [5.74, 6) is -0.0591. The van der Waals surface area contributed by atoms with Gasteiger partial charge in [-0.2, -0.15) is 0 Å². The summed E-state index contributed by atoms with van der Waals surface area (Å²) in [6.45, 7) is 1.07. The molecule has 1 atom stereocenters. The number of piperidine rings is 1. The van der Waals surface area contributed by atoms with Gasteiger partial charge in [-0.25, -0.2) is 4.39 Å². The number of hydrogen-bond donors (Lipinski definition) is 2. The average Bonchev–Trinajstić information content (AvgIpc) is 2.83. The quantitative estimate of drug-likeness (QED) is 0.818. The third-order valence-corrected chi connectivity index (χ3v) is 3.63. The van der Waals surface area contributed by atoms with Gasteiger partial charge in [-0.15, -0.1) is 0 Å². The fourth-order valence-corrected chi connectivity index (χ4v) is 2.66. The molecule has 2 aromatic rings. The molecule has 17 heavy (non-hydrogen) atoms. The lowest BCUT2D eigenvalue weighted by Crippen LogP contribution is -2.35. The Morgan fingerprint density at radius 2 is 2.18 bits per heavy atom. The lowest BCUT2D eigenvalue weighted by atomic mass is 9.97. The molecule has 3 heteroatoms. The Kier molecular flexibility index (Phi) is 2.85. The summed E-state index contributed by atoms with van der Waals surface area (Å²) in [7, 11) is 0. The second-order valence-corrected chi connectivity index (χ2v) is 4.83. The maximum absolute atomic E-state index is 14.2. The Hall–Kier alpha value is -1.35. The van der Waals surface area contributed by atoms with E-state index in [1.165, 1.54) is 12.8 Å². The Balaban J connectivity index is 1.86. The van der Waals surface area contributed by atoms with Crippen LogP contribution in [0.3, 0.4) is 0 Å². The Bertz CT molecular complexity index is 512. The molecular weight excluding hydrogens is 215 g/mol. The van der Waals surface area contributed by atoms with Crippen LogP contribution in [0.1, 0.15) is 24.8 Å². The highest BCUT2D eigenvalue weighted by molar-refractivity contribution is 5.80. The molecule has 0 aliphatic carbocycles. The van der Waals surface area contributed by atoms with E-state index < -0.39 is 0 Å². The number of H-pyrrole nitrogens is 1. The first-order valence-electron chi connectivity index (χ1n) is 6.32. The minimum absolute atomic E-state index is 0.0591. The molecule has 3 rings (SSSR count). The number of benzene rings is 1.